The number of carbonyl (C=O) groups is 2. The zero-order valence-corrected chi connectivity index (χ0v) is 21.2. The Bertz CT molecular complexity index is 1570. The lowest BCUT2D eigenvalue weighted by Crippen LogP contribution is -2.35. The van der Waals surface area contributed by atoms with Crippen LogP contribution in [0.4, 0.5) is 5.69 Å². The molecule has 1 heterocycles. The Labute approximate surface area is 217 Å². The first kappa shape index (κ1) is 26.0. The minimum atomic E-state index is -0.627. The molecule has 11 nitrogen and oxygen atoms in total. The van der Waals surface area contributed by atoms with Gasteiger partial charge in [-0.05, 0) is 30.3 Å². The molecule has 11 heteroatoms. The van der Waals surface area contributed by atoms with Crippen molar-refractivity contribution < 1.29 is 28.5 Å². The van der Waals surface area contributed by atoms with E-state index >= 15 is 0 Å². The van der Waals surface area contributed by atoms with Gasteiger partial charge < -0.3 is 29.6 Å². The molecule has 0 unspecified atom stereocenters. The van der Waals surface area contributed by atoms with Crippen molar-refractivity contribution >= 4 is 28.3 Å². The first-order chi connectivity index (χ1) is 18.4. The van der Waals surface area contributed by atoms with E-state index in [1.165, 1.54) is 28.4 Å². The largest absolute Gasteiger partial charge is 0.493 e. The molecule has 0 aliphatic rings. The molecule has 4 rings (SSSR count). The van der Waals surface area contributed by atoms with Crippen LogP contribution >= 0.6 is 0 Å². The van der Waals surface area contributed by atoms with Crippen LogP contribution in [0.2, 0.25) is 0 Å². The first-order valence-electron chi connectivity index (χ1n) is 11.4. The van der Waals surface area contributed by atoms with E-state index in [-0.39, 0.29) is 17.6 Å². The van der Waals surface area contributed by atoms with E-state index in [1.54, 1.807) is 60.7 Å². The number of hydrogen-bond donors (Lipinski definition) is 2. The van der Waals surface area contributed by atoms with E-state index in [2.05, 4.69) is 15.7 Å². The third kappa shape index (κ3) is 5.21. The Morgan fingerprint density at radius 2 is 1.39 bits per heavy atom. The summed E-state index contributed by atoms with van der Waals surface area (Å²) in [5, 5.41) is 10.2. The molecule has 0 spiro atoms. The maximum absolute atomic E-state index is 13.2. The molecule has 38 heavy (non-hydrogen) atoms. The highest BCUT2D eigenvalue weighted by Crippen LogP contribution is 2.30. The van der Waals surface area contributed by atoms with Gasteiger partial charge in [-0.3, -0.25) is 14.4 Å². The number of fused-ring (bicyclic) bond motifs is 1. The highest BCUT2D eigenvalue weighted by atomic mass is 16.5. The van der Waals surface area contributed by atoms with E-state index < -0.39 is 17.4 Å². The van der Waals surface area contributed by atoms with Gasteiger partial charge in [0, 0.05) is 23.2 Å². The average molecular weight is 519 g/mol. The smallest absolute Gasteiger partial charge is 0.279 e. The summed E-state index contributed by atoms with van der Waals surface area (Å²) < 4.78 is 22.2. The van der Waals surface area contributed by atoms with Crippen LogP contribution in [-0.2, 0) is 4.79 Å². The fourth-order valence-electron chi connectivity index (χ4n) is 3.85. The van der Waals surface area contributed by atoms with E-state index in [4.69, 9.17) is 18.9 Å². The number of anilines is 1. The van der Waals surface area contributed by atoms with E-state index in [0.717, 1.165) is 4.68 Å². The van der Waals surface area contributed by atoms with Crippen molar-refractivity contribution in [1.29, 1.82) is 0 Å². The Kier molecular flexibility index (Phi) is 7.76. The maximum Gasteiger partial charge on any atom is 0.279 e. The van der Waals surface area contributed by atoms with Crippen molar-refractivity contribution in [2.75, 3.05) is 40.3 Å². The Hall–Kier alpha value is -5.06. The van der Waals surface area contributed by atoms with Gasteiger partial charge in [-0.1, -0.05) is 18.2 Å². The number of hydrogen-bond acceptors (Lipinski definition) is 8. The second kappa shape index (κ2) is 11.3. The number of carbonyl (C=O) groups excluding carboxylic acids is 2. The van der Waals surface area contributed by atoms with Crippen LogP contribution in [0.15, 0.2) is 65.5 Å². The lowest BCUT2D eigenvalue weighted by molar-refractivity contribution is -0.115. The SMILES string of the molecule is COc1ccc(NC(=O)CNC(=O)c2nn(-c3ccc(OC)c(OC)c3)c(=O)c3ccccc23)cc1OC. The first-order valence-corrected chi connectivity index (χ1v) is 11.4. The number of rotatable bonds is 9. The molecule has 0 saturated carbocycles. The molecule has 3 aromatic carbocycles. The van der Waals surface area contributed by atoms with Crippen molar-refractivity contribution in [3.8, 4) is 28.7 Å². The number of benzene rings is 3. The lowest BCUT2D eigenvalue weighted by atomic mass is 10.1. The molecule has 0 aliphatic carbocycles. The van der Waals surface area contributed by atoms with Gasteiger partial charge in [0.2, 0.25) is 5.91 Å². The van der Waals surface area contributed by atoms with Gasteiger partial charge in [-0.25, -0.2) is 0 Å². The second-order valence-electron chi connectivity index (χ2n) is 7.95. The van der Waals surface area contributed by atoms with Gasteiger partial charge in [-0.15, -0.1) is 0 Å². The number of aromatic nitrogens is 2. The molecule has 0 aliphatic heterocycles. The van der Waals surface area contributed by atoms with Gasteiger partial charge in [-0.2, -0.15) is 9.78 Å². The van der Waals surface area contributed by atoms with Gasteiger partial charge in [0.15, 0.2) is 28.7 Å². The van der Waals surface area contributed by atoms with Crippen LogP contribution in [0.1, 0.15) is 10.5 Å². The molecule has 1 aromatic heterocycles. The van der Waals surface area contributed by atoms with Crippen LogP contribution in [0.5, 0.6) is 23.0 Å². The van der Waals surface area contributed by atoms with Gasteiger partial charge in [0.05, 0.1) is 46.1 Å². The third-order valence-corrected chi connectivity index (χ3v) is 5.71. The van der Waals surface area contributed by atoms with Crippen LogP contribution in [0.3, 0.4) is 0 Å². The number of methoxy groups -OCH3 is 4. The molecule has 2 amide bonds. The van der Waals surface area contributed by atoms with Crippen molar-refractivity contribution in [3.05, 3.63) is 76.7 Å². The second-order valence-corrected chi connectivity index (χ2v) is 7.95. The van der Waals surface area contributed by atoms with Gasteiger partial charge in [0.25, 0.3) is 11.5 Å². The minimum Gasteiger partial charge on any atom is -0.493 e. The van der Waals surface area contributed by atoms with E-state index in [1.807, 2.05) is 0 Å². The number of nitrogens with zero attached hydrogens (tertiary/aromatic N) is 2. The minimum absolute atomic E-state index is 0.0195. The van der Waals surface area contributed by atoms with Crippen molar-refractivity contribution in [2.24, 2.45) is 0 Å². The molecule has 196 valence electrons. The van der Waals surface area contributed by atoms with Gasteiger partial charge >= 0.3 is 0 Å². The summed E-state index contributed by atoms with van der Waals surface area (Å²) in [4.78, 5) is 38.9. The Morgan fingerprint density at radius 1 is 0.789 bits per heavy atom. The quantitative estimate of drug-likeness (QED) is 0.346. The van der Waals surface area contributed by atoms with Crippen molar-refractivity contribution in [1.82, 2.24) is 15.1 Å². The van der Waals surface area contributed by atoms with Crippen molar-refractivity contribution in [2.45, 2.75) is 0 Å². The van der Waals surface area contributed by atoms with Gasteiger partial charge in [0.1, 0.15) is 0 Å². The van der Waals surface area contributed by atoms with E-state index in [9.17, 15) is 14.4 Å². The van der Waals surface area contributed by atoms with Crippen molar-refractivity contribution in [3.63, 3.8) is 0 Å². The Balaban J connectivity index is 1.61. The zero-order chi connectivity index (χ0) is 27.2. The van der Waals surface area contributed by atoms with Crippen LogP contribution in [0, 0.1) is 0 Å². The van der Waals surface area contributed by atoms with Crippen LogP contribution in [0.25, 0.3) is 16.5 Å². The number of amides is 2. The lowest BCUT2D eigenvalue weighted by Gasteiger charge is -2.14. The highest BCUT2D eigenvalue weighted by Gasteiger charge is 2.19. The molecular weight excluding hydrogens is 492 g/mol. The molecule has 0 atom stereocenters. The summed E-state index contributed by atoms with van der Waals surface area (Å²) in [5.74, 6) is 0.734. The number of nitrogens with one attached hydrogen (secondary N) is 2. The molecule has 4 aromatic rings. The summed E-state index contributed by atoms with van der Waals surface area (Å²) in [6, 6.07) is 16.4. The molecule has 0 radical (unpaired) electrons. The summed E-state index contributed by atoms with van der Waals surface area (Å²) >= 11 is 0. The molecule has 2 N–H and O–H groups in total. The molecule has 0 saturated heterocycles. The number of ether oxygens (including phenoxy) is 4. The summed E-state index contributed by atoms with van der Waals surface area (Å²) in [6.07, 6.45) is 0. The topological polar surface area (TPSA) is 130 Å². The fraction of sp³-hybridized carbons (Fsp3) is 0.185. The standard InChI is InChI=1S/C27H26N4O7/c1-35-20-11-9-16(13-22(20)37-3)29-24(32)15-28-26(33)25-18-7-5-6-8-19(18)27(34)31(30-25)17-10-12-21(36-2)23(14-17)38-4/h5-14H,15H2,1-4H3,(H,28,33)(H,29,32). The van der Waals surface area contributed by atoms with Crippen LogP contribution < -0.4 is 35.1 Å². The molecule has 0 bridgehead atoms. The predicted octanol–water partition coefficient (Wildman–Crippen LogP) is 2.79. The molecular formula is C27H26N4O7. The monoisotopic (exact) mass is 518 g/mol. The molecule has 0 fully saturated rings. The van der Waals surface area contributed by atoms with Crippen LogP contribution in [-0.4, -0.2) is 56.6 Å². The summed E-state index contributed by atoms with van der Waals surface area (Å²) in [7, 11) is 5.98. The summed E-state index contributed by atoms with van der Waals surface area (Å²) in [6.45, 7) is -0.335. The maximum atomic E-state index is 13.2. The Morgan fingerprint density at radius 3 is 2.05 bits per heavy atom. The van der Waals surface area contributed by atoms with E-state index in [0.29, 0.717) is 39.8 Å². The average Bonchev–Trinajstić information content (AvgIpc) is 2.95. The zero-order valence-electron chi connectivity index (χ0n) is 21.2. The highest BCUT2D eigenvalue weighted by molar-refractivity contribution is 6.06. The fourth-order valence-corrected chi connectivity index (χ4v) is 3.85. The normalized spacial score (nSPS) is 10.5. The summed E-state index contributed by atoms with van der Waals surface area (Å²) in [5.41, 5.74) is 0.399. The predicted molar refractivity (Wildman–Crippen MR) is 141 cm³/mol. The third-order valence-electron chi connectivity index (χ3n) is 5.71.